The molecule has 5 nitrogen and oxygen atoms in total. The summed E-state index contributed by atoms with van der Waals surface area (Å²) in [6.45, 7) is 0.349. The molecule has 0 aliphatic rings. The minimum Gasteiger partial charge on any atom is -0.346 e. The first-order valence-electron chi connectivity index (χ1n) is 6.71. The molecule has 0 unspecified atom stereocenters. The van der Waals surface area contributed by atoms with Crippen molar-refractivity contribution in [1.82, 2.24) is 20.1 Å². The minimum absolute atomic E-state index is 0.237. The molecule has 0 saturated carbocycles. The van der Waals surface area contributed by atoms with Crippen molar-refractivity contribution in [1.29, 1.82) is 0 Å². The van der Waals surface area contributed by atoms with E-state index < -0.39 is 0 Å². The number of aromatic nitrogens is 3. The molecule has 6 heteroatoms. The predicted molar refractivity (Wildman–Crippen MR) is 78.9 cm³/mol. The lowest BCUT2D eigenvalue weighted by Gasteiger charge is -2.02. The van der Waals surface area contributed by atoms with Crippen LogP contribution in [0.1, 0.15) is 16.1 Å². The number of carbonyl (C=O) groups is 1. The standard InChI is InChI=1S/C16H13FN4O/c17-13-4-6-15(7-5-13)21-11-12(9-20-21)16(22)19-10-14-3-1-2-8-18-14/h1-9,11H,10H2,(H,19,22). The van der Waals surface area contributed by atoms with Crippen molar-refractivity contribution in [2.75, 3.05) is 0 Å². The van der Waals surface area contributed by atoms with Gasteiger partial charge in [-0.1, -0.05) is 6.07 Å². The summed E-state index contributed by atoms with van der Waals surface area (Å²) in [6.07, 6.45) is 4.74. The summed E-state index contributed by atoms with van der Waals surface area (Å²) in [5.41, 5.74) is 1.90. The molecule has 1 amide bonds. The molecule has 22 heavy (non-hydrogen) atoms. The van der Waals surface area contributed by atoms with Gasteiger partial charge in [-0.2, -0.15) is 5.10 Å². The number of halogens is 1. The number of carbonyl (C=O) groups excluding carboxylic acids is 1. The Labute approximate surface area is 126 Å². The van der Waals surface area contributed by atoms with Crippen molar-refractivity contribution in [2.45, 2.75) is 6.54 Å². The maximum Gasteiger partial charge on any atom is 0.254 e. The monoisotopic (exact) mass is 296 g/mol. The number of benzene rings is 1. The Hall–Kier alpha value is -3.02. The van der Waals surface area contributed by atoms with Gasteiger partial charge in [0.1, 0.15) is 5.82 Å². The first-order chi connectivity index (χ1) is 10.7. The Bertz CT molecular complexity index is 768. The SMILES string of the molecule is O=C(NCc1ccccn1)c1cnn(-c2ccc(F)cc2)c1. The largest absolute Gasteiger partial charge is 0.346 e. The molecule has 2 heterocycles. The van der Waals surface area contributed by atoms with Crippen LogP contribution in [0.2, 0.25) is 0 Å². The molecule has 0 spiro atoms. The molecule has 0 atom stereocenters. The van der Waals surface area contributed by atoms with Crippen molar-refractivity contribution in [3.63, 3.8) is 0 Å². The Balaban J connectivity index is 1.68. The molecular formula is C16H13FN4O. The minimum atomic E-state index is -0.316. The predicted octanol–water partition coefficient (Wildman–Crippen LogP) is 2.34. The summed E-state index contributed by atoms with van der Waals surface area (Å²) in [5.74, 6) is -0.553. The van der Waals surface area contributed by atoms with Crippen molar-refractivity contribution < 1.29 is 9.18 Å². The van der Waals surface area contributed by atoms with E-state index in [1.54, 1.807) is 24.5 Å². The topological polar surface area (TPSA) is 59.8 Å². The van der Waals surface area contributed by atoms with Gasteiger partial charge in [0, 0.05) is 12.4 Å². The lowest BCUT2D eigenvalue weighted by atomic mass is 10.3. The molecule has 0 aliphatic heterocycles. The number of nitrogens with one attached hydrogen (secondary N) is 1. The fourth-order valence-corrected chi connectivity index (χ4v) is 1.95. The van der Waals surface area contributed by atoms with Gasteiger partial charge in [0.2, 0.25) is 0 Å². The normalized spacial score (nSPS) is 10.4. The molecule has 0 bridgehead atoms. The lowest BCUT2D eigenvalue weighted by Crippen LogP contribution is -2.22. The Morgan fingerprint density at radius 1 is 1.18 bits per heavy atom. The molecule has 110 valence electrons. The molecule has 1 aromatic carbocycles. The molecule has 2 aromatic heterocycles. The zero-order valence-electron chi connectivity index (χ0n) is 11.6. The van der Waals surface area contributed by atoms with Crippen LogP contribution in [0.5, 0.6) is 0 Å². The van der Waals surface area contributed by atoms with Crippen LogP contribution in [0.4, 0.5) is 4.39 Å². The number of hydrogen-bond acceptors (Lipinski definition) is 3. The zero-order valence-corrected chi connectivity index (χ0v) is 11.6. The molecule has 0 radical (unpaired) electrons. The summed E-state index contributed by atoms with van der Waals surface area (Å²) in [5, 5.41) is 6.88. The molecule has 1 N–H and O–H groups in total. The molecule has 0 fully saturated rings. The Morgan fingerprint density at radius 3 is 2.73 bits per heavy atom. The summed E-state index contributed by atoms with van der Waals surface area (Å²) in [6, 6.07) is 11.4. The average Bonchev–Trinajstić information content (AvgIpc) is 3.04. The highest BCUT2D eigenvalue weighted by atomic mass is 19.1. The van der Waals surface area contributed by atoms with E-state index in [2.05, 4.69) is 15.4 Å². The van der Waals surface area contributed by atoms with E-state index in [4.69, 9.17) is 0 Å². The van der Waals surface area contributed by atoms with Crippen LogP contribution in [-0.4, -0.2) is 20.7 Å². The summed E-state index contributed by atoms with van der Waals surface area (Å²) in [7, 11) is 0. The Kier molecular flexibility index (Phi) is 3.91. The second-order valence-electron chi connectivity index (χ2n) is 4.65. The van der Waals surface area contributed by atoms with E-state index in [1.807, 2.05) is 18.2 Å². The first kappa shape index (κ1) is 13.9. The molecule has 0 aliphatic carbocycles. The molecule has 0 saturated heterocycles. The van der Waals surface area contributed by atoms with Gasteiger partial charge in [0.25, 0.3) is 5.91 Å². The fraction of sp³-hybridized carbons (Fsp3) is 0.0625. The highest BCUT2D eigenvalue weighted by molar-refractivity contribution is 5.93. The third-order valence-corrected chi connectivity index (χ3v) is 3.09. The quantitative estimate of drug-likeness (QED) is 0.804. The van der Waals surface area contributed by atoms with E-state index in [0.717, 1.165) is 5.69 Å². The van der Waals surface area contributed by atoms with Crippen molar-refractivity contribution in [2.24, 2.45) is 0 Å². The van der Waals surface area contributed by atoms with Crippen LogP contribution in [0.25, 0.3) is 5.69 Å². The van der Waals surface area contributed by atoms with Crippen LogP contribution in [0, 0.1) is 5.82 Å². The third-order valence-electron chi connectivity index (χ3n) is 3.09. The van der Waals surface area contributed by atoms with Gasteiger partial charge >= 0.3 is 0 Å². The fourth-order valence-electron chi connectivity index (χ4n) is 1.95. The second-order valence-corrected chi connectivity index (χ2v) is 4.65. The molecular weight excluding hydrogens is 283 g/mol. The third kappa shape index (κ3) is 3.17. The van der Waals surface area contributed by atoms with Gasteiger partial charge in [-0.15, -0.1) is 0 Å². The first-order valence-corrected chi connectivity index (χ1v) is 6.71. The van der Waals surface area contributed by atoms with E-state index in [0.29, 0.717) is 17.8 Å². The van der Waals surface area contributed by atoms with Crippen LogP contribution < -0.4 is 5.32 Å². The van der Waals surface area contributed by atoms with Crippen molar-refractivity contribution in [3.05, 3.63) is 78.1 Å². The van der Waals surface area contributed by atoms with Crippen LogP contribution in [0.3, 0.4) is 0 Å². The highest BCUT2D eigenvalue weighted by Crippen LogP contribution is 2.09. The van der Waals surface area contributed by atoms with Crippen molar-refractivity contribution >= 4 is 5.91 Å². The van der Waals surface area contributed by atoms with Gasteiger partial charge in [-0.3, -0.25) is 9.78 Å². The van der Waals surface area contributed by atoms with E-state index >= 15 is 0 Å². The highest BCUT2D eigenvalue weighted by Gasteiger charge is 2.09. The molecule has 3 aromatic rings. The summed E-state index contributed by atoms with van der Waals surface area (Å²) < 4.78 is 14.4. The zero-order chi connectivity index (χ0) is 15.4. The maximum atomic E-state index is 12.9. The average molecular weight is 296 g/mol. The van der Waals surface area contributed by atoms with E-state index in [-0.39, 0.29) is 11.7 Å². The number of amides is 1. The lowest BCUT2D eigenvalue weighted by molar-refractivity contribution is 0.0950. The van der Waals surface area contributed by atoms with Crippen LogP contribution in [0.15, 0.2) is 61.1 Å². The Morgan fingerprint density at radius 2 is 2.00 bits per heavy atom. The van der Waals surface area contributed by atoms with Gasteiger partial charge in [0.05, 0.1) is 29.7 Å². The van der Waals surface area contributed by atoms with E-state index in [9.17, 15) is 9.18 Å². The number of hydrogen-bond donors (Lipinski definition) is 1. The maximum absolute atomic E-state index is 12.9. The second kappa shape index (κ2) is 6.17. The van der Waals surface area contributed by atoms with Crippen LogP contribution in [-0.2, 0) is 6.54 Å². The molecule has 3 rings (SSSR count). The van der Waals surface area contributed by atoms with Crippen molar-refractivity contribution in [3.8, 4) is 5.69 Å². The smallest absolute Gasteiger partial charge is 0.254 e. The van der Waals surface area contributed by atoms with Gasteiger partial charge in [-0.05, 0) is 36.4 Å². The van der Waals surface area contributed by atoms with E-state index in [1.165, 1.54) is 23.0 Å². The number of rotatable bonds is 4. The van der Waals surface area contributed by atoms with Gasteiger partial charge in [-0.25, -0.2) is 9.07 Å². The van der Waals surface area contributed by atoms with Gasteiger partial charge < -0.3 is 5.32 Å². The number of pyridine rings is 1. The number of nitrogens with zero attached hydrogens (tertiary/aromatic N) is 3. The van der Waals surface area contributed by atoms with Crippen LogP contribution >= 0.6 is 0 Å². The van der Waals surface area contributed by atoms with Gasteiger partial charge in [0.15, 0.2) is 0 Å². The summed E-state index contributed by atoms with van der Waals surface area (Å²) in [4.78, 5) is 16.2. The summed E-state index contributed by atoms with van der Waals surface area (Å²) >= 11 is 0.